The minimum Gasteiger partial charge on any atom is -0.455 e. The van der Waals surface area contributed by atoms with Crippen molar-refractivity contribution in [2.24, 2.45) is 0 Å². The second kappa shape index (κ2) is 12.8. The third kappa shape index (κ3) is 5.19. The molecule has 4 nitrogen and oxygen atoms in total. The van der Waals surface area contributed by atoms with Gasteiger partial charge in [0.2, 0.25) is 0 Å². The van der Waals surface area contributed by atoms with Crippen molar-refractivity contribution in [3.63, 3.8) is 0 Å². The molecule has 5 heteroatoms. The number of nitrogens with zero attached hydrogens (tertiary/aromatic N) is 3. The van der Waals surface area contributed by atoms with E-state index in [2.05, 4.69) is 226 Å². The molecule has 0 saturated carbocycles. The maximum atomic E-state index is 7.08. The van der Waals surface area contributed by atoms with Crippen LogP contribution in [0.5, 0.6) is 0 Å². The zero-order valence-electron chi connectivity index (χ0n) is 35.5. The van der Waals surface area contributed by atoms with Crippen molar-refractivity contribution in [3.8, 4) is 16.8 Å². The molecule has 2 aromatic heterocycles. The lowest BCUT2D eigenvalue weighted by Gasteiger charge is -2.42. The molecule has 61 heavy (non-hydrogen) atoms. The van der Waals surface area contributed by atoms with E-state index < -0.39 is 0 Å². The van der Waals surface area contributed by atoms with Crippen molar-refractivity contribution in [1.29, 1.82) is 0 Å². The average molecular weight is 788 g/mol. The maximum absolute atomic E-state index is 7.08. The number of benzene rings is 8. The van der Waals surface area contributed by atoms with Gasteiger partial charge in [0.15, 0.2) is 0 Å². The fraction of sp³-hybridized carbons (Fsp3) is 0.143. The molecule has 8 aromatic carbocycles. The first-order valence-corrected chi connectivity index (χ1v) is 21.6. The number of fused-ring (bicyclic) bond motifs is 13. The van der Waals surface area contributed by atoms with E-state index >= 15 is 0 Å². The highest BCUT2D eigenvalue weighted by molar-refractivity contribution is 6.94. The quantitative estimate of drug-likeness (QED) is 0.166. The number of hydrogen-bond donors (Lipinski definition) is 0. The van der Waals surface area contributed by atoms with Gasteiger partial charge in [-0.2, -0.15) is 0 Å². The number of para-hydroxylation sites is 4. The summed E-state index contributed by atoms with van der Waals surface area (Å²) in [5.41, 5.74) is 18.9. The van der Waals surface area contributed by atoms with Gasteiger partial charge in [0.05, 0.1) is 16.4 Å². The summed E-state index contributed by atoms with van der Waals surface area (Å²) in [4.78, 5) is 4.99. The molecule has 0 spiro atoms. The monoisotopic (exact) mass is 787 g/mol. The van der Waals surface area contributed by atoms with Crippen LogP contribution in [-0.4, -0.2) is 11.4 Å². The largest absolute Gasteiger partial charge is 0.455 e. The van der Waals surface area contributed by atoms with Crippen molar-refractivity contribution in [1.82, 2.24) is 4.57 Å². The Morgan fingerprint density at radius 1 is 0.525 bits per heavy atom. The van der Waals surface area contributed by atoms with E-state index in [1.807, 2.05) is 0 Å². The van der Waals surface area contributed by atoms with Crippen molar-refractivity contribution >= 4 is 90.0 Å². The van der Waals surface area contributed by atoms with Crippen LogP contribution in [0, 0.1) is 0 Å². The molecule has 0 fully saturated rings. The van der Waals surface area contributed by atoms with E-state index in [4.69, 9.17) is 4.42 Å². The molecule has 0 unspecified atom stereocenters. The van der Waals surface area contributed by atoms with Gasteiger partial charge in [-0.3, -0.25) is 0 Å². The number of hydrogen-bond acceptors (Lipinski definition) is 3. The summed E-state index contributed by atoms with van der Waals surface area (Å²) < 4.78 is 9.63. The Kier molecular flexibility index (Phi) is 7.52. The van der Waals surface area contributed by atoms with Gasteiger partial charge in [0.25, 0.3) is 0 Å². The molecule has 0 radical (unpaired) electrons. The zero-order valence-corrected chi connectivity index (χ0v) is 35.5. The fourth-order valence-corrected chi connectivity index (χ4v) is 10.3. The van der Waals surface area contributed by atoms with Crippen LogP contribution in [0.4, 0.5) is 28.4 Å². The molecule has 0 aliphatic carbocycles. The van der Waals surface area contributed by atoms with E-state index in [1.165, 1.54) is 66.5 Å². The Morgan fingerprint density at radius 3 is 1.80 bits per heavy atom. The molecule has 4 heterocycles. The standard InChI is InChI=1S/C56H46BN3O/c1-55(2,3)35-24-28-37(29-25-35)58(38-30-26-36(27-31-38)56(4,5)6)40-32-33-42-47(34-40)59-46-22-14-12-20-44(46)57-52-49(41-18-10-13-21-45(41)60(57)39-16-8-7-9-17-39)50-43-19-11-15-23-48(43)61-54(50)51(42)53(52)59/h7-34H,1-6H3. The summed E-state index contributed by atoms with van der Waals surface area (Å²) in [6.45, 7) is 13.6. The highest BCUT2D eigenvalue weighted by Crippen LogP contribution is 2.51. The smallest absolute Gasteiger partial charge is 0.333 e. The molecule has 294 valence electrons. The summed E-state index contributed by atoms with van der Waals surface area (Å²) in [7, 11) is 0. The summed E-state index contributed by atoms with van der Waals surface area (Å²) in [6, 6.07) is 62.9. The first-order valence-electron chi connectivity index (χ1n) is 21.6. The van der Waals surface area contributed by atoms with Crippen molar-refractivity contribution in [2.75, 3.05) is 9.71 Å². The maximum Gasteiger partial charge on any atom is 0.333 e. The number of rotatable bonds is 4. The lowest BCUT2D eigenvalue weighted by molar-refractivity contribution is 0.590. The van der Waals surface area contributed by atoms with Gasteiger partial charge in [-0.1, -0.05) is 139 Å². The van der Waals surface area contributed by atoms with Crippen LogP contribution in [0.3, 0.4) is 0 Å². The van der Waals surface area contributed by atoms with Crippen LogP contribution in [0.15, 0.2) is 174 Å². The predicted octanol–water partition coefficient (Wildman–Crippen LogP) is 14.0. The highest BCUT2D eigenvalue weighted by atomic mass is 16.3. The lowest BCUT2D eigenvalue weighted by atomic mass is 9.43. The topological polar surface area (TPSA) is 24.6 Å². The third-order valence-corrected chi connectivity index (χ3v) is 13.3. The van der Waals surface area contributed by atoms with Crippen LogP contribution in [0.1, 0.15) is 52.7 Å². The fourth-order valence-electron chi connectivity index (χ4n) is 10.3. The normalized spacial score (nSPS) is 13.3. The first kappa shape index (κ1) is 35.9. The number of anilines is 5. The molecule has 0 bridgehead atoms. The Balaban J connectivity index is 1.21. The van der Waals surface area contributed by atoms with Gasteiger partial charge in [0, 0.05) is 55.8 Å². The second-order valence-corrected chi connectivity index (χ2v) is 19.0. The number of furan rings is 1. The van der Waals surface area contributed by atoms with Gasteiger partial charge in [-0.05, 0) is 111 Å². The summed E-state index contributed by atoms with van der Waals surface area (Å²) >= 11 is 0. The zero-order chi connectivity index (χ0) is 41.4. The molecule has 12 rings (SSSR count). The Hall–Kier alpha value is -6.98. The third-order valence-electron chi connectivity index (χ3n) is 13.3. The molecule has 0 saturated heterocycles. The van der Waals surface area contributed by atoms with Crippen molar-refractivity contribution < 1.29 is 4.42 Å². The number of aromatic nitrogens is 1. The molecule has 0 N–H and O–H groups in total. The van der Waals surface area contributed by atoms with Gasteiger partial charge in [-0.15, -0.1) is 0 Å². The first-order chi connectivity index (χ1) is 29.6. The van der Waals surface area contributed by atoms with Gasteiger partial charge >= 0.3 is 6.85 Å². The molecule has 2 aliphatic heterocycles. The van der Waals surface area contributed by atoms with Crippen molar-refractivity contribution in [3.05, 3.63) is 181 Å². The van der Waals surface area contributed by atoms with Gasteiger partial charge in [0.1, 0.15) is 11.2 Å². The van der Waals surface area contributed by atoms with E-state index in [0.717, 1.165) is 44.5 Å². The molecule has 0 atom stereocenters. The minimum absolute atomic E-state index is 0.0499. The molecule has 0 amide bonds. The van der Waals surface area contributed by atoms with Crippen LogP contribution in [-0.2, 0) is 10.8 Å². The Morgan fingerprint density at radius 2 is 1.11 bits per heavy atom. The van der Waals surface area contributed by atoms with Crippen LogP contribution in [0.25, 0.3) is 60.6 Å². The molecular weight excluding hydrogens is 741 g/mol. The predicted molar refractivity (Wildman–Crippen MR) is 259 cm³/mol. The summed E-state index contributed by atoms with van der Waals surface area (Å²) in [6.07, 6.45) is 0. The highest BCUT2D eigenvalue weighted by Gasteiger charge is 2.45. The van der Waals surface area contributed by atoms with Crippen LogP contribution >= 0.6 is 0 Å². The Labute approximate surface area is 357 Å². The molecular formula is C56H46BN3O. The van der Waals surface area contributed by atoms with Crippen LogP contribution < -0.4 is 20.6 Å². The van der Waals surface area contributed by atoms with Gasteiger partial charge < -0.3 is 18.7 Å². The van der Waals surface area contributed by atoms with E-state index in [0.29, 0.717) is 0 Å². The van der Waals surface area contributed by atoms with Gasteiger partial charge in [-0.25, -0.2) is 0 Å². The van der Waals surface area contributed by atoms with E-state index in [1.54, 1.807) is 0 Å². The average Bonchev–Trinajstić information content (AvgIpc) is 3.82. The van der Waals surface area contributed by atoms with E-state index in [-0.39, 0.29) is 17.7 Å². The molecule has 10 aromatic rings. The summed E-state index contributed by atoms with van der Waals surface area (Å²) in [5, 5.41) is 4.67. The second-order valence-electron chi connectivity index (χ2n) is 19.0. The van der Waals surface area contributed by atoms with Crippen molar-refractivity contribution in [2.45, 2.75) is 52.4 Å². The Bertz CT molecular complexity index is 3320. The minimum atomic E-state index is -0.0699. The summed E-state index contributed by atoms with van der Waals surface area (Å²) in [5.74, 6) is 0. The SMILES string of the molecule is CC(C)(C)c1ccc(N(c2ccc(C(C)(C)C)cc2)c2ccc3c4c5oc6ccccc6c5c5c6c4n(c3c2)-c2ccccc2B6N(c2ccccc2)c2ccccc2-5)cc1. The van der Waals surface area contributed by atoms with E-state index in [9.17, 15) is 0 Å². The van der Waals surface area contributed by atoms with Crippen LogP contribution in [0.2, 0.25) is 0 Å². The lowest BCUT2D eigenvalue weighted by Crippen LogP contribution is -2.60. The molecule has 2 aliphatic rings.